The number of aliphatic hydroxyl groups is 1. The van der Waals surface area contributed by atoms with Gasteiger partial charge in [-0.05, 0) is 0 Å². The highest BCUT2D eigenvalue weighted by Gasteiger charge is 2.23. The van der Waals surface area contributed by atoms with E-state index >= 15 is 0 Å². The predicted octanol–water partition coefficient (Wildman–Crippen LogP) is -1.41. The minimum atomic E-state index is -0.696. The van der Waals surface area contributed by atoms with Crippen molar-refractivity contribution in [2.45, 2.75) is 6.54 Å². The van der Waals surface area contributed by atoms with Gasteiger partial charge in [0.1, 0.15) is 0 Å². The molecule has 0 radical (unpaired) electrons. The number of fused-ring (bicyclic) bond motifs is 1. The third-order valence-electron chi connectivity index (χ3n) is 2.45. The molecule has 0 spiro atoms. The third-order valence-corrected chi connectivity index (χ3v) is 2.45. The van der Waals surface area contributed by atoms with E-state index in [1.807, 2.05) is 0 Å². The Labute approximate surface area is 106 Å². The molecule has 5 N–H and O–H groups in total. The van der Waals surface area contributed by atoms with Crippen LogP contribution in [-0.4, -0.2) is 37.8 Å². The molecule has 0 saturated heterocycles. The number of nitrogens with zero attached hydrogens (tertiary/aromatic N) is 3. The molecule has 2 heterocycles. The Morgan fingerprint density at radius 3 is 3.00 bits per heavy atom. The smallest absolute Gasteiger partial charge is 0.354 e. The molecular formula is C9H12N6O4. The number of aromatic nitrogens is 3. The summed E-state index contributed by atoms with van der Waals surface area (Å²) in [4.78, 5) is 26.0. The Morgan fingerprint density at radius 1 is 1.63 bits per heavy atom. The van der Waals surface area contributed by atoms with Crippen molar-refractivity contribution in [2.24, 2.45) is 0 Å². The molecule has 0 atom stereocenters. The molecule has 0 saturated carbocycles. The molecule has 102 valence electrons. The monoisotopic (exact) mass is 268 g/mol. The van der Waals surface area contributed by atoms with Crippen molar-refractivity contribution in [1.82, 2.24) is 19.9 Å². The highest BCUT2D eigenvalue weighted by Crippen LogP contribution is 2.23. The number of aliphatic hydroxyl groups excluding tert-OH is 1. The van der Waals surface area contributed by atoms with Crippen molar-refractivity contribution < 1.29 is 10.0 Å². The molecule has 0 aliphatic carbocycles. The van der Waals surface area contributed by atoms with Crippen LogP contribution >= 0.6 is 0 Å². The zero-order valence-electron chi connectivity index (χ0n) is 9.79. The maximum Gasteiger partial charge on any atom is 0.354 e. The summed E-state index contributed by atoms with van der Waals surface area (Å²) in [6, 6.07) is 1.23. The fourth-order valence-corrected chi connectivity index (χ4v) is 1.66. The number of nitro groups is 1. The van der Waals surface area contributed by atoms with Gasteiger partial charge < -0.3 is 16.2 Å². The van der Waals surface area contributed by atoms with Crippen LogP contribution < -0.4 is 16.6 Å². The predicted molar refractivity (Wildman–Crippen MR) is 65.7 cm³/mol. The Kier molecular flexibility index (Phi) is 3.44. The van der Waals surface area contributed by atoms with E-state index in [9.17, 15) is 14.9 Å². The van der Waals surface area contributed by atoms with E-state index in [1.54, 1.807) is 0 Å². The van der Waals surface area contributed by atoms with Crippen molar-refractivity contribution >= 4 is 17.2 Å². The standard InChI is InChI=1S/C9H12N6O4/c10-8-7(15(18)19)9-12-5(4-11-1-2-16)3-6(17)14(9)13-8/h3,11,13,16H,1-2,4,10H2. The average Bonchev–Trinajstić information content (AvgIpc) is 2.66. The summed E-state index contributed by atoms with van der Waals surface area (Å²) in [7, 11) is 0. The van der Waals surface area contributed by atoms with Gasteiger partial charge >= 0.3 is 5.69 Å². The van der Waals surface area contributed by atoms with Gasteiger partial charge in [-0.3, -0.25) is 20.0 Å². The van der Waals surface area contributed by atoms with Gasteiger partial charge in [0.2, 0.25) is 5.65 Å². The van der Waals surface area contributed by atoms with Gasteiger partial charge in [0.25, 0.3) is 5.56 Å². The minimum absolute atomic E-state index is 0.0571. The lowest BCUT2D eigenvalue weighted by atomic mass is 10.4. The van der Waals surface area contributed by atoms with E-state index in [2.05, 4.69) is 15.4 Å². The quantitative estimate of drug-likeness (QED) is 0.295. The zero-order chi connectivity index (χ0) is 14.0. The van der Waals surface area contributed by atoms with E-state index in [-0.39, 0.29) is 24.6 Å². The van der Waals surface area contributed by atoms with Crippen molar-refractivity contribution in [2.75, 3.05) is 18.9 Å². The lowest BCUT2D eigenvalue weighted by Crippen LogP contribution is -2.22. The first-order valence-corrected chi connectivity index (χ1v) is 5.40. The molecular weight excluding hydrogens is 256 g/mol. The molecule has 10 heteroatoms. The fraction of sp³-hybridized carbons (Fsp3) is 0.333. The first-order chi connectivity index (χ1) is 9.04. The lowest BCUT2D eigenvalue weighted by Gasteiger charge is -2.01. The van der Waals surface area contributed by atoms with Gasteiger partial charge in [-0.1, -0.05) is 0 Å². The number of nitrogens with one attached hydrogen (secondary N) is 2. The number of aromatic amines is 1. The lowest BCUT2D eigenvalue weighted by molar-refractivity contribution is -0.382. The molecule has 2 aromatic heterocycles. The minimum Gasteiger partial charge on any atom is -0.395 e. The van der Waals surface area contributed by atoms with Crippen LogP contribution in [0.5, 0.6) is 0 Å². The van der Waals surface area contributed by atoms with E-state index in [1.165, 1.54) is 6.07 Å². The Bertz CT molecular complexity index is 675. The van der Waals surface area contributed by atoms with Crippen LogP contribution in [0.2, 0.25) is 0 Å². The van der Waals surface area contributed by atoms with Gasteiger partial charge in [-0.15, -0.1) is 0 Å². The molecule has 10 nitrogen and oxygen atoms in total. The number of rotatable bonds is 5. The summed E-state index contributed by atoms with van der Waals surface area (Å²) in [5.74, 6) is -0.227. The first kappa shape index (κ1) is 13.0. The van der Waals surface area contributed by atoms with Crippen LogP contribution in [0.25, 0.3) is 5.65 Å². The van der Waals surface area contributed by atoms with Crippen molar-refractivity contribution in [3.05, 3.63) is 32.2 Å². The molecule has 2 rings (SSSR count). The largest absolute Gasteiger partial charge is 0.395 e. The van der Waals surface area contributed by atoms with Gasteiger partial charge in [-0.2, -0.15) is 4.52 Å². The Morgan fingerprint density at radius 2 is 2.37 bits per heavy atom. The maximum absolute atomic E-state index is 11.8. The Hall–Kier alpha value is -2.46. The highest BCUT2D eigenvalue weighted by molar-refractivity contribution is 5.71. The van der Waals surface area contributed by atoms with Gasteiger partial charge in [0, 0.05) is 19.2 Å². The normalized spacial score (nSPS) is 11.0. The van der Waals surface area contributed by atoms with Crippen LogP contribution in [0, 0.1) is 10.1 Å². The fourth-order valence-electron chi connectivity index (χ4n) is 1.66. The molecule has 0 aliphatic rings. The molecule has 19 heavy (non-hydrogen) atoms. The van der Waals surface area contributed by atoms with Crippen molar-refractivity contribution in [1.29, 1.82) is 0 Å². The molecule has 0 unspecified atom stereocenters. The topological polar surface area (TPSA) is 152 Å². The molecule has 0 aliphatic heterocycles. The highest BCUT2D eigenvalue weighted by atomic mass is 16.6. The zero-order valence-corrected chi connectivity index (χ0v) is 9.79. The molecule has 0 aromatic carbocycles. The molecule has 0 bridgehead atoms. The second kappa shape index (κ2) is 5.04. The summed E-state index contributed by atoms with van der Waals surface area (Å²) in [5, 5.41) is 24.7. The van der Waals surface area contributed by atoms with E-state index in [0.717, 1.165) is 4.52 Å². The number of hydrogen-bond acceptors (Lipinski definition) is 7. The third kappa shape index (κ3) is 2.39. The van der Waals surface area contributed by atoms with Gasteiger partial charge in [0.15, 0.2) is 5.82 Å². The number of anilines is 1. The van der Waals surface area contributed by atoms with Gasteiger partial charge in [-0.25, -0.2) is 4.98 Å². The summed E-state index contributed by atoms with van der Waals surface area (Å²) < 4.78 is 0.920. The number of hydrogen-bond donors (Lipinski definition) is 4. The van der Waals surface area contributed by atoms with E-state index in [4.69, 9.17) is 10.8 Å². The summed E-state index contributed by atoms with van der Waals surface area (Å²) >= 11 is 0. The van der Waals surface area contributed by atoms with Crippen LogP contribution in [0.4, 0.5) is 11.5 Å². The second-order valence-corrected chi connectivity index (χ2v) is 3.78. The van der Waals surface area contributed by atoms with E-state index < -0.39 is 16.2 Å². The van der Waals surface area contributed by atoms with Crippen LogP contribution in [0.3, 0.4) is 0 Å². The number of nitrogens with two attached hydrogens (primary N) is 1. The second-order valence-electron chi connectivity index (χ2n) is 3.78. The maximum atomic E-state index is 11.8. The molecule has 0 amide bonds. The summed E-state index contributed by atoms with van der Waals surface area (Å²) in [6.07, 6.45) is 0. The van der Waals surface area contributed by atoms with Crippen molar-refractivity contribution in [3.63, 3.8) is 0 Å². The number of H-pyrrole nitrogens is 1. The van der Waals surface area contributed by atoms with Crippen LogP contribution in [0.1, 0.15) is 5.69 Å². The first-order valence-electron chi connectivity index (χ1n) is 5.40. The molecule has 0 fully saturated rings. The summed E-state index contributed by atoms with van der Waals surface area (Å²) in [6.45, 7) is 0.492. The van der Waals surface area contributed by atoms with Crippen molar-refractivity contribution in [3.8, 4) is 0 Å². The van der Waals surface area contributed by atoms with E-state index in [0.29, 0.717) is 12.2 Å². The van der Waals surface area contributed by atoms with Gasteiger partial charge in [0.05, 0.1) is 17.2 Å². The molecule has 2 aromatic rings. The van der Waals surface area contributed by atoms with Crippen LogP contribution in [0.15, 0.2) is 10.9 Å². The number of nitrogen functional groups attached to an aromatic ring is 1. The summed E-state index contributed by atoms with van der Waals surface area (Å²) in [5.41, 5.74) is 4.73. The van der Waals surface area contributed by atoms with Crippen LogP contribution in [-0.2, 0) is 6.54 Å². The Balaban J connectivity index is 2.51. The average molecular weight is 268 g/mol. The SMILES string of the molecule is Nc1[nH]n2c(=O)cc(CNCCO)nc2c1[N+](=O)[O-].